The second kappa shape index (κ2) is 57.4. The van der Waals surface area contributed by atoms with Crippen LogP contribution in [0.25, 0.3) is 0 Å². The van der Waals surface area contributed by atoms with E-state index in [1.807, 2.05) is 72.9 Å². The Morgan fingerprint density at radius 2 is 0.586 bits per heavy atom. The molecule has 0 aliphatic rings. The van der Waals surface area contributed by atoms with E-state index in [4.69, 9.17) is 14.2 Å². The van der Waals surface area contributed by atoms with E-state index in [0.29, 0.717) is 12.8 Å². The van der Waals surface area contributed by atoms with Crippen LogP contribution in [-0.4, -0.2) is 37.2 Å². The quantitative estimate of drug-likeness (QED) is 0.0262. The lowest BCUT2D eigenvalue weighted by atomic mass is 10.0. The highest BCUT2D eigenvalue weighted by Gasteiger charge is 2.19. The van der Waals surface area contributed by atoms with Crippen molar-refractivity contribution in [3.63, 3.8) is 0 Å². The molecule has 70 heavy (non-hydrogen) atoms. The van der Waals surface area contributed by atoms with Crippen LogP contribution in [0.2, 0.25) is 0 Å². The Morgan fingerprint density at radius 3 is 0.943 bits per heavy atom. The van der Waals surface area contributed by atoms with Crippen molar-refractivity contribution in [3.05, 3.63) is 122 Å². The molecule has 0 amide bonds. The summed E-state index contributed by atoms with van der Waals surface area (Å²) in [6, 6.07) is 0. The smallest absolute Gasteiger partial charge is 0.306 e. The van der Waals surface area contributed by atoms with Gasteiger partial charge in [-0.3, -0.25) is 14.4 Å². The fourth-order valence-corrected chi connectivity index (χ4v) is 7.67. The lowest BCUT2D eigenvalue weighted by molar-refractivity contribution is -0.167. The normalized spacial score (nSPS) is 13.0. The van der Waals surface area contributed by atoms with Crippen LogP contribution in [0.15, 0.2) is 122 Å². The summed E-state index contributed by atoms with van der Waals surface area (Å²) in [5.74, 6) is -0.972. The number of allylic oxidation sites excluding steroid dienone is 20. The van der Waals surface area contributed by atoms with Crippen molar-refractivity contribution in [2.45, 2.75) is 252 Å². The molecule has 1 atom stereocenters. The van der Waals surface area contributed by atoms with Gasteiger partial charge in [-0.15, -0.1) is 0 Å². The predicted molar refractivity (Wildman–Crippen MR) is 302 cm³/mol. The van der Waals surface area contributed by atoms with Gasteiger partial charge in [0, 0.05) is 19.3 Å². The Kier molecular flexibility index (Phi) is 54.0. The summed E-state index contributed by atoms with van der Waals surface area (Å²) in [4.78, 5) is 38.2. The van der Waals surface area contributed by atoms with Crippen molar-refractivity contribution in [1.29, 1.82) is 0 Å². The Hall–Kier alpha value is -4.19. The molecule has 0 rings (SSSR count). The van der Waals surface area contributed by atoms with Gasteiger partial charge in [-0.1, -0.05) is 290 Å². The molecule has 0 spiro atoms. The molecule has 0 fully saturated rings. The van der Waals surface area contributed by atoms with Gasteiger partial charge in [-0.05, 0) is 57.8 Å². The Morgan fingerprint density at radius 1 is 0.300 bits per heavy atom. The van der Waals surface area contributed by atoms with E-state index < -0.39 is 6.10 Å². The largest absolute Gasteiger partial charge is 0.462 e. The second-order valence-corrected chi connectivity index (χ2v) is 18.7. The molecule has 0 bridgehead atoms. The molecule has 0 saturated heterocycles. The average Bonchev–Trinajstić information content (AvgIpc) is 3.36. The van der Waals surface area contributed by atoms with Crippen molar-refractivity contribution in [2.75, 3.05) is 13.2 Å². The lowest BCUT2D eigenvalue weighted by Gasteiger charge is -2.18. The van der Waals surface area contributed by atoms with E-state index in [0.717, 1.165) is 96.3 Å². The summed E-state index contributed by atoms with van der Waals surface area (Å²) in [7, 11) is 0. The van der Waals surface area contributed by atoms with Gasteiger partial charge in [-0.2, -0.15) is 0 Å². The molecular formula is C64H104O6. The standard InChI is InChI=1S/C64H104O6/c1-4-7-10-13-16-19-22-25-28-30-32-34-36-39-42-45-48-51-54-57-63(66)69-60-61(59-68-62(65)56-53-50-47-44-41-38-35-27-24-21-18-15-12-9-6-3)70-64(67)58-55-52-49-46-43-40-37-33-31-29-26-23-20-17-14-11-8-5-2/h9,11-12,14-15,17-18,20-21,23-24,26-27,29,31,33,35,37-38,41,61H,4-8,10,13,16,19,22,25,28,30,32,34,36,39-40,42-60H2,1-3H3/b12-9-,14-11-,18-15-,20-17-,24-21-,26-23-,31-29-,35-27-,37-33-,41-38-. The molecule has 0 radical (unpaired) electrons. The summed E-state index contributed by atoms with van der Waals surface area (Å²) in [5.41, 5.74) is 0. The highest BCUT2D eigenvalue weighted by atomic mass is 16.6. The van der Waals surface area contributed by atoms with Gasteiger partial charge in [0.1, 0.15) is 13.2 Å². The molecule has 6 heteroatoms. The Bertz CT molecular complexity index is 1490. The first-order valence-corrected chi connectivity index (χ1v) is 28.7. The molecule has 0 N–H and O–H groups in total. The van der Waals surface area contributed by atoms with Crippen molar-refractivity contribution < 1.29 is 28.6 Å². The number of rotatable bonds is 50. The van der Waals surface area contributed by atoms with Gasteiger partial charge in [-0.25, -0.2) is 0 Å². The van der Waals surface area contributed by atoms with E-state index in [1.165, 1.54) is 109 Å². The fourth-order valence-electron chi connectivity index (χ4n) is 7.67. The lowest BCUT2D eigenvalue weighted by Crippen LogP contribution is -2.30. The number of hydrogen-bond donors (Lipinski definition) is 0. The maximum atomic E-state index is 12.9. The minimum absolute atomic E-state index is 0.104. The third-order valence-electron chi connectivity index (χ3n) is 11.9. The molecule has 0 aromatic heterocycles. The molecule has 0 aromatic rings. The van der Waals surface area contributed by atoms with Gasteiger partial charge >= 0.3 is 17.9 Å². The van der Waals surface area contributed by atoms with Crippen LogP contribution in [0.5, 0.6) is 0 Å². The molecule has 0 aromatic carbocycles. The summed E-state index contributed by atoms with van der Waals surface area (Å²) in [6.07, 6.45) is 79.0. The van der Waals surface area contributed by atoms with E-state index in [2.05, 4.69) is 69.4 Å². The number of carbonyl (C=O) groups excluding carboxylic acids is 3. The third kappa shape index (κ3) is 54.7. The number of ether oxygens (including phenoxy) is 3. The zero-order valence-corrected chi connectivity index (χ0v) is 45.2. The first-order chi connectivity index (χ1) is 34.5. The van der Waals surface area contributed by atoms with E-state index in [-0.39, 0.29) is 37.5 Å². The number of carbonyl (C=O) groups is 3. The van der Waals surface area contributed by atoms with Crippen LogP contribution >= 0.6 is 0 Å². The van der Waals surface area contributed by atoms with Gasteiger partial charge in [0.2, 0.25) is 0 Å². The zero-order chi connectivity index (χ0) is 50.7. The minimum Gasteiger partial charge on any atom is -0.462 e. The maximum absolute atomic E-state index is 12.9. The molecule has 6 nitrogen and oxygen atoms in total. The second-order valence-electron chi connectivity index (χ2n) is 18.7. The van der Waals surface area contributed by atoms with Crippen LogP contribution in [0.4, 0.5) is 0 Å². The van der Waals surface area contributed by atoms with Crippen LogP contribution in [-0.2, 0) is 28.6 Å². The van der Waals surface area contributed by atoms with Gasteiger partial charge in [0.25, 0.3) is 0 Å². The average molecular weight is 970 g/mol. The molecule has 396 valence electrons. The Labute approximate surface area is 431 Å². The topological polar surface area (TPSA) is 78.9 Å². The number of hydrogen-bond acceptors (Lipinski definition) is 6. The van der Waals surface area contributed by atoms with Crippen molar-refractivity contribution in [3.8, 4) is 0 Å². The molecular weight excluding hydrogens is 865 g/mol. The van der Waals surface area contributed by atoms with Crippen LogP contribution in [0.3, 0.4) is 0 Å². The molecule has 0 aliphatic heterocycles. The number of esters is 3. The first kappa shape index (κ1) is 65.8. The van der Waals surface area contributed by atoms with Crippen LogP contribution in [0.1, 0.15) is 245 Å². The molecule has 0 saturated carbocycles. The number of unbranched alkanes of at least 4 members (excludes halogenated alkanes) is 27. The monoisotopic (exact) mass is 969 g/mol. The molecule has 1 unspecified atom stereocenters. The van der Waals surface area contributed by atoms with Crippen molar-refractivity contribution >= 4 is 17.9 Å². The molecule has 0 aliphatic carbocycles. The zero-order valence-electron chi connectivity index (χ0n) is 45.2. The van der Waals surface area contributed by atoms with Crippen LogP contribution in [0, 0.1) is 0 Å². The highest BCUT2D eigenvalue weighted by molar-refractivity contribution is 5.71. The summed E-state index contributed by atoms with van der Waals surface area (Å²) in [5, 5.41) is 0. The first-order valence-electron chi connectivity index (χ1n) is 28.7. The summed E-state index contributed by atoms with van der Waals surface area (Å²) >= 11 is 0. The summed E-state index contributed by atoms with van der Waals surface area (Å²) in [6.45, 7) is 6.36. The SMILES string of the molecule is CC\C=C/C=C\C=C/C=C\C=C/CCCCCC(=O)OCC(COC(=O)CCCCCCCCCCCCCCCCCCCCC)OC(=O)CCCCCCC\C=C/C=C\C=C/C=C\C=C/CCC. The Balaban J connectivity index is 4.49. The predicted octanol–water partition coefficient (Wildman–Crippen LogP) is 19.3. The van der Waals surface area contributed by atoms with Gasteiger partial charge in [0.15, 0.2) is 6.10 Å². The van der Waals surface area contributed by atoms with Crippen LogP contribution < -0.4 is 0 Å². The highest BCUT2D eigenvalue weighted by Crippen LogP contribution is 2.16. The van der Waals surface area contributed by atoms with E-state index in [1.54, 1.807) is 0 Å². The van der Waals surface area contributed by atoms with E-state index >= 15 is 0 Å². The van der Waals surface area contributed by atoms with Gasteiger partial charge in [0.05, 0.1) is 0 Å². The molecule has 0 heterocycles. The van der Waals surface area contributed by atoms with Crippen molar-refractivity contribution in [2.24, 2.45) is 0 Å². The maximum Gasteiger partial charge on any atom is 0.306 e. The third-order valence-corrected chi connectivity index (χ3v) is 11.9. The van der Waals surface area contributed by atoms with Crippen molar-refractivity contribution in [1.82, 2.24) is 0 Å². The van der Waals surface area contributed by atoms with E-state index in [9.17, 15) is 14.4 Å². The summed E-state index contributed by atoms with van der Waals surface area (Å²) < 4.78 is 16.8. The minimum atomic E-state index is -0.812. The fraction of sp³-hybridized carbons (Fsp3) is 0.641. The van der Waals surface area contributed by atoms with Gasteiger partial charge < -0.3 is 14.2 Å².